The summed E-state index contributed by atoms with van der Waals surface area (Å²) in [5.41, 5.74) is 1.98. The predicted molar refractivity (Wildman–Crippen MR) is 62.2 cm³/mol. The maximum atomic E-state index is 9.13. The van der Waals surface area contributed by atoms with Crippen LogP contribution in [0.1, 0.15) is 11.3 Å². The number of benzene rings is 1. The van der Waals surface area contributed by atoms with Crippen molar-refractivity contribution in [3.05, 3.63) is 47.7 Å². The van der Waals surface area contributed by atoms with Crippen molar-refractivity contribution in [1.29, 1.82) is 0 Å². The number of hydrogen-bond acceptors (Lipinski definition) is 4. The second-order valence-corrected chi connectivity index (χ2v) is 3.58. The minimum atomic E-state index is 0.277. The molecule has 16 heavy (non-hydrogen) atoms. The van der Waals surface area contributed by atoms with Crippen LogP contribution < -0.4 is 5.32 Å². The van der Waals surface area contributed by atoms with E-state index in [1.807, 2.05) is 31.2 Å². The normalized spacial score (nSPS) is 10.1. The van der Waals surface area contributed by atoms with Gasteiger partial charge in [0, 0.05) is 6.54 Å². The van der Waals surface area contributed by atoms with Crippen molar-refractivity contribution in [2.45, 2.75) is 13.5 Å². The highest BCUT2D eigenvalue weighted by molar-refractivity contribution is 5.35. The lowest BCUT2D eigenvalue weighted by Crippen LogP contribution is -2.02. The number of anilines is 1. The predicted octanol–water partition coefficient (Wildman–Crippen LogP) is 2.10. The van der Waals surface area contributed by atoms with E-state index in [2.05, 4.69) is 15.5 Å². The van der Waals surface area contributed by atoms with Crippen LogP contribution in [-0.4, -0.2) is 15.3 Å². The Balaban J connectivity index is 1.97. The summed E-state index contributed by atoms with van der Waals surface area (Å²) in [7, 11) is 0. The zero-order chi connectivity index (χ0) is 11.4. The number of nitrogens with zero attached hydrogens (tertiary/aromatic N) is 2. The molecule has 2 rings (SSSR count). The maximum absolute atomic E-state index is 9.13. The van der Waals surface area contributed by atoms with Crippen LogP contribution in [0.4, 0.5) is 5.82 Å². The summed E-state index contributed by atoms with van der Waals surface area (Å²) in [6, 6.07) is 10.9. The molecule has 0 unspecified atom stereocenters. The lowest BCUT2D eigenvalue weighted by molar-refractivity contribution is 0.475. The van der Waals surface area contributed by atoms with E-state index in [9.17, 15) is 0 Å². The first-order valence-electron chi connectivity index (χ1n) is 5.06. The van der Waals surface area contributed by atoms with E-state index < -0.39 is 0 Å². The number of phenolic OH excluding ortho intramolecular Hbond substituents is 1. The van der Waals surface area contributed by atoms with E-state index in [0.29, 0.717) is 6.54 Å². The first-order chi connectivity index (χ1) is 7.74. The largest absolute Gasteiger partial charge is 0.508 e. The van der Waals surface area contributed by atoms with Crippen molar-refractivity contribution >= 4 is 5.82 Å². The van der Waals surface area contributed by atoms with E-state index in [1.165, 1.54) is 0 Å². The second-order valence-electron chi connectivity index (χ2n) is 3.58. The van der Waals surface area contributed by atoms with Gasteiger partial charge in [0.25, 0.3) is 0 Å². The van der Waals surface area contributed by atoms with Gasteiger partial charge in [-0.2, -0.15) is 5.10 Å². The molecule has 0 saturated heterocycles. The Hall–Kier alpha value is -2.10. The minimum absolute atomic E-state index is 0.277. The van der Waals surface area contributed by atoms with E-state index in [-0.39, 0.29) is 5.75 Å². The monoisotopic (exact) mass is 215 g/mol. The number of phenols is 1. The molecule has 1 aromatic carbocycles. The summed E-state index contributed by atoms with van der Waals surface area (Å²) in [6.07, 6.45) is 0. The molecule has 0 atom stereocenters. The van der Waals surface area contributed by atoms with E-state index in [1.54, 1.807) is 12.1 Å². The second kappa shape index (κ2) is 4.61. The van der Waals surface area contributed by atoms with Crippen LogP contribution >= 0.6 is 0 Å². The third kappa shape index (κ3) is 2.70. The van der Waals surface area contributed by atoms with Gasteiger partial charge in [0.15, 0.2) is 0 Å². The average Bonchev–Trinajstić information content (AvgIpc) is 2.30. The van der Waals surface area contributed by atoms with Gasteiger partial charge in [-0.25, -0.2) is 0 Å². The summed E-state index contributed by atoms with van der Waals surface area (Å²) in [5, 5.41) is 20.2. The Morgan fingerprint density at radius 2 is 1.81 bits per heavy atom. The van der Waals surface area contributed by atoms with Gasteiger partial charge in [-0.1, -0.05) is 12.1 Å². The molecule has 2 aromatic rings. The molecule has 82 valence electrons. The lowest BCUT2D eigenvalue weighted by Gasteiger charge is -2.05. The molecule has 0 radical (unpaired) electrons. The number of aromatic nitrogens is 2. The molecular weight excluding hydrogens is 202 g/mol. The molecule has 0 fully saturated rings. The fraction of sp³-hybridized carbons (Fsp3) is 0.167. The summed E-state index contributed by atoms with van der Waals surface area (Å²) in [6.45, 7) is 2.56. The summed E-state index contributed by atoms with van der Waals surface area (Å²) in [5.74, 6) is 1.03. The quantitative estimate of drug-likeness (QED) is 0.823. The van der Waals surface area contributed by atoms with Crippen LogP contribution in [-0.2, 0) is 6.54 Å². The zero-order valence-corrected chi connectivity index (χ0v) is 9.01. The van der Waals surface area contributed by atoms with Crippen molar-refractivity contribution in [1.82, 2.24) is 10.2 Å². The van der Waals surface area contributed by atoms with Crippen molar-refractivity contribution in [3.8, 4) is 5.75 Å². The summed E-state index contributed by atoms with van der Waals surface area (Å²) >= 11 is 0. The van der Waals surface area contributed by atoms with Crippen LogP contribution in [0.2, 0.25) is 0 Å². The van der Waals surface area contributed by atoms with E-state index in [4.69, 9.17) is 5.11 Å². The fourth-order valence-corrected chi connectivity index (χ4v) is 1.30. The average molecular weight is 215 g/mol. The van der Waals surface area contributed by atoms with Gasteiger partial charge in [0.1, 0.15) is 11.6 Å². The highest BCUT2D eigenvalue weighted by atomic mass is 16.3. The first-order valence-corrected chi connectivity index (χ1v) is 5.06. The molecule has 1 aromatic heterocycles. The number of aromatic hydroxyl groups is 1. The first kappa shape index (κ1) is 10.4. The summed E-state index contributed by atoms with van der Waals surface area (Å²) in [4.78, 5) is 0. The number of hydrogen-bond donors (Lipinski definition) is 2. The fourth-order valence-electron chi connectivity index (χ4n) is 1.30. The number of nitrogens with one attached hydrogen (secondary N) is 1. The molecule has 4 heteroatoms. The van der Waals surface area contributed by atoms with Crippen LogP contribution in [0.3, 0.4) is 0 Å². The Morgan fingerprint density at radius 1 is 1.06 bits per heavy atom. The van der Waals surface area contributed by atoms with Crippen molar-refractivity contribution in [3.63, 3.8) is 0 Å². The zero-order valence-electron chi connectivity index (χ0n) is 9.01. The van der Waals surface area contributed by atoms with Gasteiger partial charge >= 0.3 is 0 Å². The molecule has 0 aliphatic carbocycles. The highest BCUT2D eigenvalue weighted by Gasteiger charge is 1.96. The smallest absolute Gasteiger partial charge is 0.148 e. The van der Waals surface area contributed by atoms with Crippen molar-refractivity contribution < 1.29 is 5.11 Å². The summed E-state index contributed by atoms with van der Waals surface area (Å²) < 4.78 is 0. The van der Waals surface area contributed by atoms with Crippen molar-refractivity contribution in [2.75, 3.05) is 5.32 Å². The lowest BCUT2D eigenvalue weighted by atomic mass is 10.2. The Kier molecular flexibility index (Phi) is 3.00. The van der Waals surface area contributed by atoms with Crippen LogP contribution in [0.15, 0.2) is 36.4 Å². The molecule has 0 aliphatic rings. The number of rotatable bonds is 3. The van der Waals surface area contributed by atoms with Gasteiger partial charge in [0.2, 0.25) is 0 Å². The molecule has 0 saturated carbocycles. The number of aryl methyl sites for hydroxylation is 1. The Bertz CT molecular complexity index is 405. The molecular formula is C12H13N3O. The van der Waals surface area contributed by atoms with Crippen molar-refractivity contribution in [2.24, 2.45) is 0 Å². The molecule has 1 heterocycles. The minimum Gasteiger partial charge on any atom is -0.508 e. The molecule has 0 amide bonds. The third-order valence-corrected chi connectivity index (χ3v) is 2.21. The third-order valence-electron chi connectivity index (χ3n) is 2.21. The van der Waals surface area contributed by atoms with Gasteiger partial charge < -0.3 is 10.4 Å². The van der Waals surface area contributed by atoms with E-state index >= 15 is 0 Å². The Labute approximate surface area is 94.0 Å². The van der Waals surface area contributed by atoms with Gasteiger partial charge in [-0.3, -0.25) is 0 Å². The van der Waals surface area contributed by atoms with Gasteiger partial charge in [0.05, 0.1) is 5.69 Å². The maximum Gasteiger partial charge on any atom is 0.148 e. The molecule has 2 N–H and O–H groups in total. The van der Waals surface area contributed by atoms with Crippen LogP contribution in [0.25, 0.3) is 0 Å². The molecule has 0 aliphatic heterocycles. The van der Waals surface area contributed by atoms with Crippen LogP contribution in [0, 0.1) is 6.92 Å². The Morgan fingerprint density at radius 3 is 2.44 bits per heavy atom. The standard InChI is InChI=1S/C12H13N3O/c1-9-2-7-12(15-14-9)13-8-10-3-5-11(16)6-4-10/h2-7,16H,8H2,1H3,(H,13,15). The molecule has 4 nitrogen and oxygen atoms in total. The van der Waals surface area contributed by atoms with E-state index in [0.717, 1.165) is 17.1 Å². The van der Waals surface area contributed by atoms with Gasteiger partial charge in [-0.05, 0) is 36.8 Å². The van der Waals surface area contributed by atoms with Gasteiger partial charge in [-0.15, -0.1) is 5.10 Å². The van der Waals surface area contributed by atoms with Crippen LogP contribution in [0.5, 0.6) is 5.75 Å². The molecule has 0 spiro atoms. The highest BCUT2D eigenvalue weighted by Crippen LogP contribution is 2.11. The molecule has 0 bridgehead atoms. The topological polar surface area (TPSA) is 58.0 Å². The SMILES string of the molecule is Cc1ccc(NCc2ccc(O)cc2)nn1.